The minimum Gasteiger partial charge on any atom is -0.468 e. The second-order valence-corrected chi connectivity index (χ2v) is 16.6. The summed E-state index contributed by atoms with van der Waals surface area (Å²) in [5.74, 6) is -2.92. The first-order valence-electron chi connectivity index (χ1n) is 13.2. The highest BCUT2D eigenvalue weighted by molar-refractivity contribution is 6.77. The van der Waals surface area contributed by atoms with Crippen molar-refractivity contribution in [1.82, 2.24) is 9.55 Å². The Kier molecular flexibility index (Phi) is 8.76. The third-order valence-corrected chi connectivity index (χ3v) is 14.6. The molecule has 1 saturated carbocycles. The molecule has 214 valence electrons. The van der Waals surface area contributed by atoms with Gasteiger partial charge in [-0.2, -0.15) is 4.39 Å². The second-order valence-electron chi connectivity index (χ2n) is 11.2. The molecule has 2 aromatic rings. The smallest absolute Gasteiger partial charge is 0.328 e. The maximum atomic E-state index is 14.4. The number of hydrogen-bond acceptors (Lipinski definition) is 7. The van der Waals surface area contributed by atoms with E-state index >= 15 is 0 Å². The maximum Gasteiger partial charge on any atom is 0.328 e. The molecule has 1 aromatic heterocycles. The Balaban J connectivity index is 2.50. The van der Waals surface area contributed by atoms with Crippen molar-refractivity contribution in [2.24, 2.45) is 5.41 Å². The highest BCUT2D eigenvalue weighted by atomic mass is 28.4. The van der Waals surface area contributed by atoms with E-state index in [-0.39, 0.29) is 29.5 Å². The molecule has 0 amide bonds. The van der Waals surface area contributed by atoms with Crippen LogP contribution in [0.25, 0.3) is 0 Å². The summed E-state index contributed by atoms with van der Waals surface area (Å²) in [4.78, 5) is 54.5. The predicted molar refractivity (Wildman–Crippen MR) is 146 cm³/mol. The Morgan fingerprint density at radius 1 is 0.949 bits per heavy atom. The Hall–Kier alpha value is -3.05. The number of aromatic nitrogens is 2. The molecule has 1 aliphatic rings. The average molecular weight is 563 g/mol. The average Bonchev–Trinajstić information content (AvgIpc) is 3.24. The number of carbonyl (C=O) groups is 2. The van der Waals surface area contributed by atoms with Gasteiger partial charge in [0.2, 0.25) is 14.1 Å². The van der Waals surface area contributed by atoms with E-state index in [1.165, 1.54) is 14.2 Å². The summed E-state index contributed by atoms with van der Waals surface area (Å²) in [6, 6.07) is 8.01. The number of hydrogen-bond donors (Lipinski definition) is 1. The zero-order valence-electron chi connectivity index (χ0n) is 23.9. The van der Waals surface area contributed by atoms with Crippen LogP contribution in [0.3, 0.4) is 0 Å². The van der Waals surface area contributed by atoms with Gasteiger partial charge >= 0.3 is 17.6 Å². The topological polar surface area (TPSA) is 117 Å². The number of methoxy groups -OCH3 is 2. The van der Waals surface area contributed by atoms with E-state index in [0.717, 1.165) is 10.8 Å². The van der Waals surface area contributed by atoms with E-state index in [2.05, 4.69) is 41.5 Å². The maximum absolute atomic E-state index is 14.4. The summed E-state index contributed by atoms with van der Waals surface area (Å²) in [5, 5.41) is 0. The normalized spacial score (nSPS) is 21.0. The number of carbonyl (C=O) groups excluding carboxylic acids is 2. The Labute approximate surface area is 228 Å². The van der Waals surface area contributed by atoms with Gasteiger partial charge < -0.3 is 13.9 Å². The molecule has 39 heavy (non-hydrogen) atoms. The SMILES string of the molecule is COC(=O)C1(C(=O)OC)C[C@H](n2cc(F)c(=O)[nH]c2=O)C[C@]1(O[Si](C(C)C)(C(C)C)C(C)C)c1ccccc1. The largest absolute Gasteiger partial charge is 0.468 e. The summed E-state index contributed by atoms with van der Waals surface area (Å²) in [7, 11) is -0.492. The van der Waals surface area contributed by atoms with Crippen molar-refractivity contribution < 1.29 is 27.9 Å². The number of esters is 2. The van der Waals surface area contributed by atoms with Crippen LogP contribution in [0.4, 0.5) is 4.39 Å². The lowest BCUT2D eigenvalue weighted by Gasteiger charge is -2.52. The van der Waals surface area contributed by atoms with Gasteiger partial charge in [-0.25, -0.2) is 4.79 Å². The fourth-order valence-corrected chi connectivity index (χ4v) is 12.6. The van der Waals surface area contributed by atoms with E-state index in [4.69, 9.17) is 13.9 Å². The standard InChI is InChI=1S/C28H39FN2O7Si/c1-17(2)39(18(3)4,19(5)6)38-28(20-12-10-9-11-13-20)15-21(31-16-22(29)23(32)30-26(31)35)14-27(28,24(33)36-7)25(34)37-8/h9-13,16-19,21H,14-15H2,1-8H3,(H,30,32,35)/t21-,28-/m0/s1. The van der Waals surface area contributed by atoms with Crippen LogP contribution in [0.2, 0.25) is 16.6 Å². The fourth-order valence-electron chi connectivity index (χ4n) is 6.87. The fraction of sp³-hybridized carbons (Fsp3) is 0.571. The predicted octanol–water partition coefficient (Wildman–Crippen LogP) is 4.43. The summed E-state index contributed by atoms with van der Waals surface area (Å²) >= 11 is 0. The zero-order chi connectivity index (χ0) is 29.3. The van der Waals surface area contributed by atoms with Gasteiger partial charge in [0.1, 0.15) is 5.60 Å². The molecule has 1 fully saturated rings. The molecule has 0 radical (unpaired) electrons. The number of rotatable bonds is 9. The molecular weight excluding hydrogens is 523 g/mol. The van der Waals surface area contributed by atoms with Gasteiger partial charge in [0.05, 0.1) is 20.4 Å². The van der Waals surface area contributed by atoms with Crippen LogP contribution < -0.4 is 11.2 Å². The highest BCUT2D eigenvalue weighted by Gasteiger charge is 2.73. The quantitative estimate of drug-likeness (QED) is 0.273. The molecule has 0 unspecified atom stereocenters. The Morgan fingerprint density at radius 3 is 1.92 bits per heavy atom. The summed E-state index contributed by atoms with van der Waals surface area (Å²) < 4.78 is 33.4. The molecule has 0 saturated heterocycles. The molecule has 1 N–H and O–H groups in total. The molecule has 1 aliphatic carbocycles. The summed E-state index contributed by atoms with van der Waals surface area (Å²) in [6.45, 7) is 12.5. The summed E-state index contributed by atoms with van der Waals surface area (Å²) in [6.07, 6.45) is 0.489. The first kappa shape index (κ1) is 30.5. The van der Waals surface area contributed by atoms with Gasteiger partial charge in [-0.05, 0) is 28.6 Å². The van der Waals surface area contributed by atoms with Crippen molar-refractivity contribution >= 4 is 20.3 Å². The van der Waals surface area contributed by atoms with Gasteiger partial charge in [0.25, 0.3) is 5.56 Å². The monoisotopic (exact) mass is 562 g/mol. The number of halogens is 1. The molecule has 0 bridgehead atoms. The number of aromatic amines is 1. The van der Waals surface area contributed by atoms with E-state index < -0.39 is 54.4 Å². The molecule has 11 heteroatoms. The molecule has 1 heterocycles. The van der Waals surface area contributed by atoms with E-state index in [9.17, 15) is 23.6 Å². The van der Waals surface area contributed by atoms with Crippen LogP contribution in [0.5, 0.6) is 0 Å². The number of nitrogens with zero attached hydrogens (tertiary/aromatic N) is 1. The van der Waals surface area contributed by atoms with Crippen molar-refractivity contribution in [3.63, 3.8) is 0 Å². The van der Waals surface area contributed by atoms with E-state index in [0.29, 0.717) is 5.56 Å². The van der Waals surface area contributed by atoms with Crippen molar-refractivity contribution in [3.8, 4) is 0 Å². The molecule has 0 spiro atoms. The Bertz CT molecular complexity index is 1280. The van der Waals surface area contributed by atoms with Crippen LogP contribution in [0.15, 0.2) is 46.1 Å². The van der Waals surface area contributed by atoms with Crippen molar-refractivity contribution in [1.29, 1.82) is 0 Å². The molecule has 9 nitrogen and oxygen atoms in total. The van der Waals surface area contributed by atoms with E-state index in [1.54, 1.807) is 30.3 Å². The lowest BCUT2D eigenvalue weighted by atomic mass is 9.70. The van der Waals surface area contributed by atoms with Gasteiger partial charge in [-0.3, -0.25) is 23.9 Å². The van der Waals surface area contributed by atoms with Crippen LogP contribution >= 0.6 is 0 Å². The second kappa shape index (κ2) is 11.2. The summed E-state index contributed by atoms with van der Waals surface area (Å²) in [5.41, 5.74) is -4.94. The molecule has 3 rings (SSSR count). The lowest BCUT2D eigenvalue weighted by Crippen LogP contribution is -2.62. The number of nitrogens with one attached hydrogen (secondary N) is 1. The molecule has 1 aromatic carbocycles. The number of H-pyrrole nitrogens is 1. The minimum atomic E-state index is -2.85. The van der Waals surface area contributed by atoms with Crippen LogP contribution in [0, 0.1) is 11.2 Å². The van der Waals surface area contributed by atoms with Crippen molar-refractivity contribution in [3.05, 3.63) is 68.7 Å². The number of ether oxygens (including phenoxy) is 2. The van der Waals surface area contributed by atoms with Gasteiger partial charge in [0.15, 0.2) is 5.41 Å². The third kappa shape index (κ3) is 4.69. The lowest BCUT2D eigenvalue weighted by molar-refractivity contribution is -0.186. The van der Waals surface area contributed by atoms with Crippen molar-refractivity contribution in [2.45, 2.75) is 82.7 Å². The van der Waals surface area contributed by atoms with Gasteiger partial charge in [-0.1, -0.05) is 71.9 Å². The third-order valence-electron chi connectivity index (χ3n) is 8.44. The minimum absolute atomic E-state index is 0.0481. The molecular formula is C28H39FN2O7Si. The first-order valence-corrected chi connectivity index (χ1v) is 15.3. The molecule has 2 atom stereocenters. The van der Waals surface area contributed by atoms with Crippen LogP contribution in [-0.2, 0) is 29.1 Å². The number of benzene rings is 1. The van der Waals surface area contributed by atoms with E-state index in [1.807, 2.05) is 4.98 Å². The zero-order valence-corrected chi connectivity index (χ0v) is 24.9. The van der Waals surface area contributed by atoms with Crippen LogP contribution in [0.1, 0.15) is 66.0 Å². The highest BCUT2D eigenvalue weighted by Crippen LogP contribution is 2.63. The first-order chi connectivity index (χ1) is 18.2. The van der Waals surface area contributed by atoms with Gasteiger partial charge in [-0.15, -0.1) is 0 Å². The van der Waals surface area contributed by atoms with Crippen molar-refractivity contribution in [2.75, 3.05) is 14.2 Å². The Morgan fingerprint density at radius 2 is 1.46 bits per heavy atom. The van der Waals surface area contributed by atoms with Crippen LogP contribution in [-0.4, -0.2) is 44.0 Å². The molecule has 0 aliphatic heterocycles. The van der Waals surface area contributed by atoms with Gasteiger partial charge in [0, 0.05) is 12.5 Å².